The molecule has 26 heavy (non-hydrogen) atoms. The second kappa shape index (κ2) is 7.54. The molecular formula is C19H20FN3O2S. The number of piperazine rings is 1. The van der Waals surface area contributed by atoms with Gasteiger partial charge in [0.1, 0.15) is 11.9 Å². The second-order valence-electron chi connectivity index (χ2n) is 6.28. The van der Waals surface area contributed by atoms with Crippen LogP contribution in [0.25, 0.3) is 0 Å². The van der Waals surface area contributed by atoms with E-state index in [2.05, 4.69) is 6.07 Å². The third-order valence-electron chi connectivity index (χ3n) is 4.70. The fourth-order valence-electron chi connectivity index (χ4n) is 3.20. The number of aryl methyl sites for hydroxylation is 1. The molecule has 1 aliphatic heterocycles. The first-order chi connectivity index (χ1) is 12.4. The van der Waals surface area contributed by atoms with Crippen LogP contribution >= 0.6 is 0 Å². The Balaban J connectivity index is 1.73. The summed E-state index contributed by atoms with van der Waals surface area (Å²) >= 11 is 0. The highest BCUT2D eigenvalue weighted by atomic mass is 32.2. The number of nitriles is 1. The van der Waals surface area contributed by atoms with E-state index in [9.17, 15) is 18.1 Å². The molecule has 1 heterocycles. The standard InChI is InChI=1S/C19H20FN3O2S/c1-15-4-2-3-5-18(15)19(14-21)22-10-12-23(13-11-22)26(24,25)17-8-6-16(20)7-9-17/h2-9,19H,10-13H2,1H3. The molecule has 1 saturated heterocycles. The fourth-order valence-corrected chi connectivity index (χ4v) is 4.62. The summed E-state index contributed by atoms with van der Waals surface area (Å²) in [6.45, 7) is 3.49. The summed E-state index contributed by atoms with van der Waals surface area (Å²) in [6.07, 6.45) is 0. The van der Waals surface area contributed by atoms with Gasteiger partial charge in [0.05, 0.1) is 11.0 Å². The number of halogens is 1. The third-order valence-corrected chi connectivity index (χ3v) is 6.61. The predicted molar refractivity (Wildman–Crippen MR) is 96.3 cm³/mol. The molecule has 2 aromatic carbocycles. The van der Waals surface area contributed by atoms with E-state index in [1.54, 1.807) is 0 Å². The van der Waals surface area contributed by atoms with Gasteiger partial charge in [0.2, 0.25) is 10.0 Å². The van der Waals surface area contributed by atoms with Crippen LogP contribution in [-0.4, -0.2) is 43.8 Å². The normalized spacial score (nSPS) is 17.6. The van der Waals surface area contributed by atoms with Crippen molar-refractivity contribution >= 4 is 10.0 Å². The van der Waals surface area contributed by atoms with Crippen molar-refractivity contribution in [2.75, 3.05) is 26.2 Å². The van der Waals surface area contributed by atoms with Crippen LogP contribution in [0.4, 0.5) is 4.39 Å². The van der Waals surface area contributed by atoms with Crippen LogP contribution in [0.15, 0.2) is 53.4 Å². The number of hydrogen-bond donors (Lipinski definition) is 0. The Bertz CT molecular complexity index is 915. The molecule has 1 aliphatic rings. The summed E-state index contributed by atoms with van der Waals surface area (Å²) in [5, 5.41) is 9.63. The minimum absolute atomic E-state index is 0.0862. The first-order valence-electron chi connectivity index (χ1n) is 8.38. The first-order valence-corrected chi connectivity index (χ1v) is 9.82. The Morgan fingerprint density at radius 1 is 1.04 bits per heavy atom. The Hall–Kier alpha value is -2.27. The van der Waals surface area contributed by atoms with E-state index in [4.69, 9.17) is 0 Å². The van der Waals surface area contributed by atoms with Gasteiger partial charge in [0, 0.05) is 26.2 Å². The van der Waals surface area contributed by atoms with Crippen LogP contribution in [0.5, 0.6) is 0 Å². The molecule has 0 N–H and O–H groups in total. The molecule has 1 fully saturated rings. The molecule has 0 aliphatic carbocycles. The Labute approximate surface area is 153 Å². The van der Waals surface area contributed by atoms with Crippen molar-refractivity contribution in [3.05, 3.63) is 65.5 Å². The minimum Gasteiger partial charge on any atom is -0.282 e. The van der Waals surface area contributed by atoms with Crippen molar-refractivity contribution in [2.24, 2.45) is 0 Å². The van der Waals surface area contributed by atoms with Crippen LogP contribution in [0, 0.1) is 24.1 Å². The molecule has 0 radical (unpaired) electrons. The van der Waals surface area contributed by atoms with Crippen molar-refractivity contribution in [3.8, 4) is 6.07 Å². The minimum atomic E-state index is -3.65. The highest BCUT2D eigenvalue weighted by Gasteiger charge is 2.31. The van der Waals surface area contributed by atoms with E-state index in [1.165, 1.54) is 16.4 Å². The summed E-state index contributed by atoms with van der Waals surface area (Å²) in [4.78, 5) is 2.09. The summed E-state index contributed by atoms with van der Waals surface area (Å²) < 4.78 is 39.8. The quantitative estimate of drug-likeness (QED) is 0.827. The predicted octanol–water partition coefficient (Wildman–Crippen LogP) is 2.71. The molecule has 1 atom stereocenters. The number of rotatable bonds is 4. The highest BCUT2D eigenvalue weighted by Crippen LogP contribution is 2.26. The SMILES string of the molecule is Cc1ccccc1C(C#N)N1CCN(S(=O)(=O)c2ccc(F)cc2)CC1. The van der Waals surface area contributed by atoms with Crippen molar-refractivity contribution in [1.82, 2.24) is 9.21 Å². The van der Waals surface area contributed by atoms with Crippen LogP contribution in [-0.2, 0) is 10.0 Å². The maximum Gasteiger partial charge on any atom is 0.243 e. The van der Waals surface area contributed by atoms with Crippen LogP contribution in [0.3, 0.4) is 0 Å². The lowest BCUT2D eigenvalue weighted by molar-refractivity contribution is 0.162. The largest absolute Gasteiger partial charge is 0.282 e. The molecule has 136 valence electrons. The molecular weight excluding hydrogens is 353 g/mol. The lowest BCUT2D eigenvalue weighted by Crippen LogP contribution is -2.49. The number of benzene rings is 2. The molecule has 1 unspecified atom stereocenters. The molecule has 3 rings (SSSR count). The average Bonchev–Trinajstić information content (AvgIpc) is 2.65. The summed E-state index contributed by atoms with van der Waals surface area (Å²) in [5.41, 5.74) is 1.99. The molecule has 7 heteroatoms. The maximum atomic E-state index is 13.0. The lowest BCUT2D eigenvalue weighted by atomic mass is 10.0. The van der Waals surface area contributed by atoms with Gasteiger partial charge in [-0.05, 0) is 42.3 Å². The smallest absolute Gasteiger partial charge is 0.243 e. The highest BCUT2D eigenvalue weighted by molar-refractivity contribution is 7.89. The fraction of sp³-hybridized carbons (Fsp3) is 0.316. The molecule has 0 spiro atoms. The van der Waals surface area contributed by atoms with Gasteiger partial charge < -0.3 is 0 Å². The Kier molecular flexibility index (Phi) is 5.37. The van der Waals surface area contributed by atoms with Crippen molar-refractivity contribution < 1.29 is 12.8 Å². The summed E-state index contributed by atoms with van der Waals surface area (Å²) in [6, 6.07) is 14.5. The number of sulfonamides is 1. The zero-order valence-electron chi connectivity index (χ0n) is 14.5. The van der Waals surface area contributed by atoms with Gasteiger partial charge >= 0.3 is 0 Å². The zero-order chi connectivity index (χ0) is 18.7. The molecule has 0 bridgehead atoms. The molecule has 0 amide bonds. The van der Waals surface area contributed by atoms with E-state index in [-0.39, 0.29) is 4.90 Å². The van der Waals surface area contributed by atoms with Gasteiger partial charge in [0.15, 0.2) is 0 Å². The van der Waals surface area contributed by atoms with E-state index in [0.29, 0.717) is 26.2 Å². The topological polar surface area (TPSA) is 64.4 Å². The maximum absolute atomic E-state index is 13.0. The van der Waals surface area contributed by atoms with E-state index < -0.39 is 21.9 Å². The third kappa shape index (κ3) is 3.63. The van der Waals surface area contributed by atoms with Crippen LogP contribution in [0.2, 0.25) is 0 Å². The van der Waals surface area contributed by atoms with Crippen LogP contribution < -0.4 is 0 Å². The van der Waals surface area contributed by atoms with Crippen molar-refractivity contribution in [2.45, 2.75) is 17.9 Å². The summed E-state index contributed by atoms with van der Waals surface area (Å²) in [5.74, 6) is -0.469. The van der Waals surface area contributed by atoms with E-state index in [0.717, 1.165) is 23.3 Å². The van der Waals surface area contributed by atoms with Crippen LogP contribution in [0.1, 0.15) is 17.2 Å². The Morgan fingerprint density at radius 2 is 1.65 bits per heavy atom. The average molecular weight is 373 g/mol. The van der Waals surface area contributed by atoms with Gasteiger partial charge in [-0.15, -0.1) is 0 Å². The van der Waals surface area contributed by atoms with Crippen molar-refractivity contribution in [1.29, 1.82) is 5.26 Å². The first kappa shape index (κ1) is 18.5. The lowest BCUT2D eigenvalue weighted by Gasteiger charge is -2.36. The number of hydrogen-bond acceptors (Lipinski definition) is 4. The van der Waals surface area contributed by atoms with Gasteiger partial charge in [0.25, 0.3) is 0 Å². The van der Waals surface area contributed by atoms with Gasteiger partial charge in [-0.3, -0.25) is 4.90 Å². The number of nitrogens with zero attached hydrogens (tertiary/aromatic N) is 3. The van der Waals surface area contributed by atoms with Gasteiger partial charge in [-0.25, -0.2) is 12.8 Å². The molecule has 2 aromatic rings. The zero-order valence-corrected chi connectivity index (χ0v) is 15.3. The molecule has 0 saturated carbocycles. The monoisotopic (exact) mass is 373 g/mol. The summed E-state index contributed by atoms with van der Waals surface area (Å²) in [7, 11) is -3.65. The van der Waals surface area contributed by atoms with E-state index >= 15 is 0 Å². The van der Waals surface area contributed by atoms with E-state index in [1.807, 2.05) is 36.1 Å². The van der Waals surface area contributed by atoms with Gasteiger partial charge in [-0.2, -0.15) is 9.57 Å². The molecule has 0 aromatic heterocycles. The Morgan fingerprint density at radius 3 is 2.23 bits per heavy atom. The molecule has 5 nitrogen and oxygen atoms in total. The second-order valence-corrected chi connectivity index (χ2v) is 8.22. The van der Waals surface area contributed by atoms with Gasteiger partial charge in [-0.1, -0.05) is 24.3 Å². The van der Waals surface area contributed by atoms with Crippen molar-refractivity contribution in [3.63, 3.8) is 0 Å².